The van der Waals surface area contributed by atoms with Crippen LogP contribution < -0.4 is 4.72 Å². The summed E-state index contributed by atoms with van der Waals surface area (Å²) >= 11 is 9.25. The molecular weight excluding hydrogens is 406 g/mol. The summed E-state index contributed by atoms with van der Waals surface area (Å²) in [6.07, 6.45) is 0. The Morgan fingerprint density at radius 2 is 1.91 bits per heavy atom. The van der Waals surface area contributed by atoms with E-state index < -0.39 is 16.0 Å². The first-order valence-corrected chi connectivity index (χ1v) is 9.07. The van der Waals surface area contributed by atoms with Crippen molar-refractivity contribution in [3.05, 3.63) is 57.0 Å². The van der Waals surface area contributed by atoms with Crippen LogP contribution in [-0.4, -0.2) is 21.5 Å². The maximum atomic E-state index is 12.6. The van der Waals surface area contributed by atoms with E-state index in [9.17, 15) is 13.2 Å². The lowest BCUT2D eigenvalue weighted by molar-refractivity contribution is 0.0596. The van der Waals surface area contributed by atoms with Crippen LogP contribution in [-0.2, 0) is 14.8 Å². The molecule has 0 heterocycles. The molecule has 0 bridgehead atoms. The first-order chi connectivity index (χ1) is 10.7. The van der Waals surface area contributed by atoms with E-state index in [0.717, 1.165) is 5.56 Å². The third-order valence-electron chi connectivity index (χ3n) is 3.01. The molecule has 0 saturated heterocycles. The third kappa shape index (κ3) is 4.04. The molecule has 1 N–H and O–H groups in total. The number of nitrogens with one attached hydrogen (secondary N) is 1. The highest BCUT2D eigenvalue weighted by molar-refractivity contribution is 9.10. The Bertz CT molecular complexity index is 868. The summed E-state index contributed by atoms with van der Waals surface area (Å²) in [7, 11) is -2.82. The van der Waals surface area contributed by atoms with Crippen LogP contribution in [0.5, 0.6) is 0 Å². The summed E-state index contributed by atoms with van der Waals surface area (Å²) in [5.74, 6) is -0.748. The Balaban J connectivity index is 2.50. The molecular formula is C15H13BrClNO4S. The van der Waals surface area contributed by atoms with Crippen molar-refractivity contribution < 1.29 is 17.9 Å². The maximum Gasteiger partial charge on any atom is 0.339 e. The van der Waals surface area contributed by atoms with Crippen LogP contribution in [0.4, 0.5) is 5.69 Å². The zero-order valence-electron chi connectivity index (χ0n) is 12.3. The number of carbonyl (C=O) groups is 1. The van der Waals surface area contributed by atoms with E-state index in [1.54, 1.807) is 18.2 Å². The monoisotopic (exact) mass is 417 g/mol. The van der Waals surface area contributed by atoms with E-state index in [2.05, 4.69) is 25.4 Å². The molecule has 5 nitrogen and oxygen atoms in total. The zero-order chi connectivity index (χ0) is 17.2. The van der Waals surface area contributed by atoms with Gasteiger partial charge in [-0.1, -0.05) is 33.6 Å². The van der Waals surface area contributed by atoms with Crippen molar-refractivity contribution >= 4 is 49.2 Å². The molecule has 2 aromatic rings. The molecule has 0 aliphatic heterocycles. The van der Waals surface area contributed by atoms with Gasteiger partial charge in [-0.25, -0.2) is 13.2 Å². The minimum atomic E-state index is -4.01. The average Bonchev–Trinajstić information content (AvgIpc) is 2.49. The minimum Gasteiger partial charge on any atom is -0.465 e. The van der Waals surface area contributed by atoms with Crippen molar-refractivity contribution in [3.8, 4) is 0 Å². The number of hydrogen-bond acceptors (Lipinski definition) is 4. The number of hydrogen-bond donors (Lipinski definition) is 1. The van der Waals surface area contributed by atoms with Crippen LogP contribution >= 0.6 is 27.5 Å². The number of rotatable bonds is 4. The second-order valence-corrected chi connectivity index (χ2v) is 7.69. The van der Waals surface area contributed by atoms with Crippen molar-refractivity contribution in [2.24, 2.45) is 0 Å². The van der Waals surface area contributed by atoms with Gasteiger partial charge in [0.15, 0.2) is 0 Å². The quantitative estimate of drug-likeness (QED) is 0.762. The Morgan fingerprint density at radius 3 is 2.52 bits per heavy atom. The second kappa shape index (κ2) is 6.90. The molecule has 2 rings (SSSR count). The summed E-state index contributed by atoms with van der Waals surface area (Å²) < 4.78 is 32.8. The van der Waals surface area contributed by atoms with E-state index in [-0.39, 0.29) is 21.2 Å². The molecule has 0 fully saturated rings. The van der Waals surface area contributed by atoms with E-state index in [4.69, 9.17) is 11.6 Å². The molecule has 0 spiro atoms. The van der Waals surface area contributed by atoms with Crippen molar-refractivity contribution in [1.82, 2.24) is 0 Å². The average molecular weight is 419 g/mol. The number of esters is 1. The molecule has 23 heavy (non-hydrogen) atoms. The summed E-state index contributed by atoms with van der Waals surface area (Å²) in [6, 6.07) is 9.16. The van der Waals surface area contributed by atoms with Gasteiger partial charge in [0.2, 0.25) is 0 Å². The van der Waals surface area contributed by atoms with Gasteiger partial charge in [-0.2, -0.15) is 0 Å². The van der Waals surface area contributed by atoms with Crippen LogP contribution in [0.1, 0.15) is 15.9 Å². The van der Waals surface area contributed by atoms with Crippen molar-refractivity contribution in [1.29, 1.82) is 0 Å². The molecule has 0 radical (unpaired) electrons. The van der Waals surface area contributed by atoms with E-state index in [1.165, 1.54) is 25.3 Å². The van der Waals surface area contributed by atoms with Crippen molar-refractivity contribution in [2.75, 3.05) is 11.8 Å². The fourth-order valence-corrected chi connectivity index (χ4v) is 3.86. The van der Waals surface area contributed by atoms with Crippen LogP contribution in [0.3, 0.4) is 0 Å². The SMILES string of the molecule is COC(=O)c1cc(Br)ccc1S(=O)(=O)Nc1ccc(C)cc1Cl. The summed E-state index contributed by atoms with van der Waals surface area (Å²) in [6.45, 7) is 1.84. The van der Waals surface area contributed by atoms with Gasteiger partial charge in [-0.05, 0) is 42.8 Å². The lowest BCUT2D eigenvalue weighted by Gasteiger charge is -2.13. The largest absolute Gasteiger partial charge is 0.465 e. The van der Waals surface area contributed by atoms with E-state index in [1.807, 2.05) is 6.92 Å². The highest BCUT2D eigenvalue weighted by Gasteiger charge is 2.24. The normalized spacial score (nSPS) is 11.1. The van der Waals surface area contributed by atoms with Crippen LogP contribution in [0, 0.1) is 6.92 Å². The van der Waals surface area contributed by atoms with E-state index >= 15 is 0 Å². The smallest absolute Gasteiger partial charge is 0.339 e. The van der Waals surface area contributed by atoms with Crippen molar-refractivity contribution in [3.63, 3.8) is 0 Å². The molecule has 0 amide bonds. The van der Waals surface area contributed by atoms with Gasteiger partial charge in [0.25, 0.3) is 10.0 Å². The van der Waals surface area contributed by atoms with Gasteiger partial charge in [0.1, 0.15) is 4.90 Å². The highest BCUT2D eigenvalue weighted by atomic mass is 79.9. The topological polar surface area (TPSA) is 72.5 Å². The molecule has 0 aromatic heterocycles. The van der Waals surface area contributed by atoms with Gasteiger partial charge in [0, 0.05) is 4.47 Å². The van der Waals surface area contributed by atoms with Crippen LogP contribution in [0.25, 0.3) is 0 Å². The Hall–Kier alpha value is -1.57. The standard InChI is InChI=1S/C15H13BrClNO4S/c1-9-3-5-13(12(17)7-9)18-23(20,21)14-6-4-10(16)8-11(14)15(19)22-2/h3-8,18H,1-2H3. The molecule has 0 saturated carbocycles. The minimum absolute atomic E-state index is 0.0717. The lowest BCUT2D eigenvalue weighted by atomic mass is 10.2. The highest BCUT2D eigenvalue weighted by Crippen LogP contribution is 2.28. The number of benzene rings is 2. The maximum absolute atomic E-state index is 12.6. The Kier molecular flexibility index (Phi) is 5.33. The van der Waals surface area contributed by atoms with Gasteiger partial charge < -0.3 is 4.74 Å². The number of sulfonamides is 1. The summed E-state index contributed by atoms with van der Waals surface area (Å²) in [5.41, 5.74) is 1.06. The number of aryl methyl sites for hydroxylation is 1. The zero-order valence-corrected chi connectivity index (χ0v) is 15.4. The molecule has 2 aromatic carbocycles. The van der Waals surface area contributed by atoms with Crippen molar-refractivity contribution in [2.45, 2.75) is 11.8 Å². The van der Waals surface area contributed by atoms with Gasteiger partial charge in [-0.3, -0.25) is 4.72 Å². The van der Waals surface area contributed by atoms with Crippen LogP contribution in [0.2, 0.25) is 5.02 Å². The number of halogens is 2. The molecule has 0 unspecified atom stereocenters. The number of carbonyl (C=O) groups excluding carboxylic acids is 1. The Morgan fingerprint density at radius 1 is 1.22 bits per heavy atom. The van der Waals surface area contributed by atoms with Gasteiger partial charge in [-0.15, -0.1) is 0 Å². The number of methoxy groups -OCH3 is 1. The van der Waals surface area contributed by atoms with Gasteiger partial charge in [0.05, 0.1) is 23.4 Å². The molecule has 0 aliphatic rings. The predicted octanol–water partition coefficient (Wildman–Crippen LogP) is 4.00. The second-order valence-electron chi connectivity index (χ2n) is 4.72. The molecule has 0 aliphatic carbocycles. The van der Waals surface area contributed by atoms with Crippen LogP contribution in [0.15, 0.2) is 45.8 Å². The summed E-state index contributed by atoms with van der Waals surface area (Å²) in [4.78, 5) is 11.6. The molecule has 122 valence electrons. The first-order valence-electron chi connectivity index (χ1n) is 6.41. The molecule has 0 atom stereocenters. The van der Waals surface area contributed by atoms with Gasteiger partial charge >= 0.3 is 5.97 Å². The number of ether oxygens (including phenoxy) is 1. The predicted molar refractivity (Wildman–Crippen MR) is 92.5 cm³/mol. The summed E-state index contributed by atoms with van der Waals surface area (Å²) in [5, 5.41) is 0.269. The molecule has 8 heteroatoms. The first kappa shape index (κ1) is 17.8. The third-order valence-corrected chi connectivity index (χ3v) is 5.23. The Labute approximate surface area is 147 Å². The lowest BCUT2D eigenvalue weighted by Crippen LogP contribution is -2.17. The fourth-order valence-electron chi connectivity index (χ4n) is 1.91. The van der Waals surface area contributed by atoms with E-state index in [0.29, 0.717) is 4.47 Å². The fraction of sp³-hybridized carbons (Fsp3) is 0.133. The number of anilines is 1.